The molecule has 0 unspecified atom stereocenters. The Morgan fingerprint density at radius 1 is 1.47 bits per heavy atom. The van der Waals surface area contributed by atoms with Gasteiger partial charge in [-0.05, 0) is 19.1 Å². The molecule has 15 heavy (non-hydrogen) atoms. The van der Waals surface area contributed by atoms with Crippen LogP contribution < -0.4 is 9.03 Å². The lowest BCUT2D eigenvalue weighted by Crippen LogP contribution is -2.05. The number of carbonyl (C=O) groups is 1. The van der Waals surface area contributed by atoms with Crippen LogP contribution in [0.1, 0.15) is 17.3 Å². The van der Waals surface area contributed by atoms with E-state index in [-0.39, 0.29) is 11.3 Å². The van der Waals surface area contributed by atoms with Crippen molar-refractivity contribution >= 4 is 17.8 Å². The Morgan fingerprint density at radius 3 is 2.73 bits per heavy atom. The molecule has 0 atom stereocenters. The lowest BCUT2D eigenvalue weighted by Gasteiger charge is -2.07. The molecule has 1 rings (SSSR count). The summed E-state index contributed by atoms with van der Waals surface area (Å²) in [5.41, 5.74) is 0.271. The minimum atomic E-state index is -0.476. The number of hydrogen-bond donors (Lipinski definition) is 0. The summed E-state index contributed by atoms with van der Waals surface area (Å²) in [4.78, 5) is 11.4. The van der Waals surface area contributed by atoms with Gasteiger partial charge in [-0.25, -0.2) is 4.79 Å². The number of carbonyl (C=O) groups excluding carboxylic acids is 1. The Kier molecular flexibility index (Phi) is 4.24. The number of hydrogen-bond acceptors (Lipinski definition) is 4. The molecule has 0 amide bonds. The lowest BCUT2D eigenvalue weighted by molar-refractivity contribution is 0.0524. The number of esters is 1. The summed E-state index contributed by atoms with van der Waals surface area (Å²) in [6.45, 7) is 2.02. The fourth-order valence-corrected chi connectivity index (χ4v) is 1.20. The Labute approximate surface area is 92.9 Å². The predicted octanol–water partition coefficient (Wildman–Crippen LogP) is 2.40. The van der Waals surface area contributed by atoms with Crippen molar-refractivity contribution < 1.29 is 18.6 Å². The Hall–Kier alpha value is -1.42. The first-order valence-corrected chi connectivity index (χ1v) is 4.67. The van der Waals surface area contributed by atoms with Crippen LogP contribution in [-0.4, -0.2) is 19.7 Å². The fraction of sp³-hybridized carbons (Fsp3) is 0.300. The summed E-state index contributed by atoms with van der Waals surface area (Å²) < 4.78 is 14.3. The summed E-state index contributed by atoms with van der Waals surface area (Å²) in [6.07, 6.45) is 0. The van der Waals surface area contributed by atoms with Gasteiger partial charge in [0.25, 0.3) is 0 Å². The molecular weight excluding hydrogens is 220 g/mol. The molecule has 0 fully saturated rings. The van der Waals surface area contributed by atoms with E-state index >= 15 is 0 Å². The van der Waals surface area contributed by atoms with Crippen molar-refractivity contribution in [2.24, 2.45) is 0 Å². The second kappa shape index (κ2) is 5.46. The molecule has 0 aliphatic heterocycles. The molecule has 0 saturated carbocycles. The van der Waals surface area contributed by atoms with Gasteiger partial charge in [-0.15, -0.1) is 0 Å². The van der Waals surface area contributed by atoms with E-state index in [0.717, 1.165) is 0 Å². The number of rotatable bonds is 4. The summed E-state index contributed by atoms with van der Waals surface area (Å²) >= 11 is 5.24. The topological polar surface area (TPSA) is 44.8 Å². The molecule has 0 aliphatic carbocycles. The second-order valence-corrected chi connectivity index (χ2v) is 2.81. The van der Waals surface area contributed by atoms with Crippen LogP contribution in [0.15, 0.2) is 18.2 Å². The van der Waals surface area contributed by atoms with Crippen molar-refractivity contribution in [3.8, 4) is 11.5 Å². The second-order valence-electron chi connectivity index (χ2n) is 2.66. The first-order valence-electron chi connectivity index (χ1n) is 4.36. The van der Waals surface area contributed by atoms with Gasteiger partial charge in [0.1, 0.15) is 23.2 Å². The number of methoxy groups -OCH3 is 1. The molecule has 0 N–H and O–H groups in total. The molecule has 0 bridgehead atoms. The average molecular weight is 231 g/mol. The van der Waals surface area contributed by atoms with E-state index in [0.29, 0.717) is 12.4 Å². The third-order valence-electron chi connectivity index (χ3n) is 1.77. The number of halogens is 1. The maximum atomic E-state index is 11.4. The van der Waals surface area contributed by atoms with Gasteiger partial charge in [0.05, 0.1) is 13.7 Å². The summed E-state index contributed by atoms with van der Waals surface area (Å²) in [6, 6.07) is 4.68. The Balaban J connectivity index is 3.02. The van der Waals surface area contributed by atoms with Crippen molar-refractivity contribution in [1.82, 2.24) is 0 Å². The molecule has 0 spiro atoms. The molecule has 5 heteroatoms. The van der Waals surface area contributed by atoms with Crippen LogP contribution in [0.3, 0.4) is 0 Å². The highest BCUT2D eigenvalue weighted by Gasteiger charge is 2.14. The molecule has 0 radical (unpaired) electrons. The van der Waals surface area contributed by atoms with Crippen molar-refractivity contribution in [2.45, 2.75) is 6.92 Å². The van der Waals surface area contributed by atoms with E-state index < -0.39 is 5.97 Å². The quantitative estimate of drug-likeness (QED) is 0.745. The molecule has 82 valence electrons. The van der Waals surface area contributed by atoms with E-state index in [1.165, 1.54) is 19.2 Å². The van der Waals surface area contributed by atoms with Crippen LogP contribution in [0.4, 0.5) is 0 Å². The minimum Gasteiger partial charge on any atom is -0.497 e. The Morgan fingerprint density at radius 2 is 2.20 bits per heavy atom. The van der Waals surface area contributed by atoms with Crippen LogP contribution in [-0.2, 0) is 4.74 Å². The fourth-order valence-electron chi connectivity index (χ4n) is 1.07. The van der Waals surface area contributed by atoms with Crippen molar-refractivity contribution in [3.63, 3.8) is 0 Å². The number of benzene rings is 1. The number of ether oxygens (including phenoxy) is 2. The largest absolute Gasteiger partial charge is 0.497 e. The molecule has 0 saturated heterocycles. The van der Waals surface area contributed by atoms with E-state index in [1.807, 2.05) is 0 Å². The van der Waals surface area contributed by atoms with Crippen LogP contribution in [0.2, 0.25) is 0 Å². The zero-order chi connectivity index (χ0) is 11.3. The van der Waals surface area contributed by atoms with Gasteiger partial charge in [0.15, 0.2) is 5.75 Å². The molecule has 1 aromatic carbocycles. The van der Waals surface area contributed by atoms with Crippen LogP contribution >= 0.6 is 11.9 Å². The van der Waals surface area contributed by atoms with E-state index in [9.17, 15) is 4.79 Å². The van der Waals surface area contributed by atoms with E-state index in [2.05, 4.69) is 4.29 Å². The molecule has 0 aromatic heterocycles. The van der Waals surface area contributed by atoms with Gasteiger partial charge < -0.3 is 13.8 Å². The minimum absolute atomic E-state index is 0.217. The van der Waals surface area contributed by atoms with Crippen LogP contribution in [0.25, 0.3) is 0 Å². The molecular formula is C10H11ClO4. The van der Waals surface area contributed by atoms with Gasteiger partial charge in [0, 0.05) is 6.07 Å². The third-order valence-corrected chi connectivity index (χ3v) is 1.93. The molecule has 0 heterocycles. The lowest BCUT2D eigenvalue weighted by atomic mass is 10.2. The average Bonchev–Trinajstić information content (AvgIpc) is 2.28. The summed E-state index contributed by atoms with van der Waals surface area (Å²) in [5.74, 6) is 0.295. The van der Waals surface area contributed by atoms with Crippen LogP contribution in [0, 0.1) is 0 Å². The highest BCUT2D eigenvalue weighted by atomic mass is 35.5. The van der Waals surface area contributed by atoms with Gasteiger partial charge in [-0.1, -0.05) is 0 Å². The molecule has 1 aromatic rings. The van der Waals surface area contributed by atoms with E-state index in [1.54, 1.807) is 13.0 Å². The van der Waals surface area contributed by atoms with E-state index in [4.69, 9.17) is 21.3 Å². The first-order chi connectivity index (χ1) is 7.22. The van der Waals surface area contributed by atoms with Gasteiger partial charge in [0.2, 0.25) is 0 Å². The normalized spacial score (nSPS) is 9.53. The predicted molar refractivity (Wildman–Crippen MR) is 55.4 cm³/mol. The maximum absolute atomic E-state index is 11.4. The third kappa shape index (κ3) is 2.76. The van der Waals surface area contributed by atoms with Gasteiger partial charge >= 0.3 is 5.97 Å². The van der Waals surface area contributed by atoms with Crippen molar-refractivity contribution in [2.75, 3.05) is 13.7 Å². The Bertz CT molecular complexity index is 351. The highest BCUT2D eigenvalue weighted by molar-refractivity contribution is 6.10. The van der Waals surface area contributed by atoms with Crippen molar-refractivity contribution in [1.29, 1.82) is 0 Å². The zero-order valence-electron chi connectivity index (χ0n) is 8.45. The smallest absolute Gasteiger partial charge is 0.341 e. The maximum Gasteiger partial charge on any atom is 0.341 e. The zero-order valence-corrected chi connectivity index (χ0v) is 9.21. The highest BCUT2D eigenvalue weighted by Crippen LogP contribution is 2.26. The summed E-state index contributed by atoms with van der Waals surface area (Å²) in [7, 11) is 1.51. The molecule has 4 nitrogen and oxygen atoms in total. The first kappa shape index (κ1) is 11.7. The molecule has 0 aliphatic rings. The van der Waals surface area contributed by atoms with Gasteiger partial charge in [-0.2, -0.15) is 0 Å². The monoisotopic (exact) mass is 230 g/mol. The van der Waals surface area contributed by atoms with Gasteiger partial charge in [-0.3, -0.25) is 0 Å². The SMILES string of the molecule is CCOC(=O)c1ccc(OC)cc1OCl. The van der Waals surface area contributed by atoms with Crippen molar-refractivity contribution in [3.05, 3.63) is 23.8 Å². The summed E-state index contributed by atoms with van der Waals surface area (Å²) in [5, 5.41) is 0. The standard InChI is InChI=1S/C10H11ClO4/c1-3-14-10(12)8-5-4-7(13-2)6-9(8)15-11/h4-6H,3H2,1-2H3. The van der Waals surface area contributed by atoms with Crippen LogP contribution in [0.5, 0.6) is 11.5 Å².